The van der Waals surface area contributed by atoms with Crippen molar-refractivity contribution >= 4 is 0 Å². The molecule has 0 fully saturated rings. The van der Waals surface area contributed by atoms with E-state index in [0.29, 0.717) is 0 Å². The monoisotopic (exact) mass is 205 g/mol. The van der Waals surface area contributed by atoms with E-state index in [2.05, 4.69) is 9.97 Å². The molecule has 1 aromatic rings. The number of aromatic nitrogens is 2. The van der Waals surface area contributed by atoms with E-state index in [0.717, 1.165) is 25.1 Å². The summed E-state index contributed by atoms with van der Waals surface area (Å²) in [7, 11) is 0. The second kappa shape index (κ2) is 3.56. The Balaban J connectivity index is 2.39. The Morgan fingerprint density at radius 2 is 2.00 bits per heavy atom. The van der Waals surface area contributed by atoms with Gasteiger partial charge in [-0.1, -0.05) is 0 Å². The molecule has 0 atom stereocenters. The van der Waals surface area contributed by atoms with E-state index >= 15 is 0 Å². The number of fused-ring (bicyclic) bond motifs is 1. The quantitative estimate of drug-likeness (QED) is 0.797. The Labute approximate surface area is 91.1 Å². The molecule has 0 radical (unpaired) electrons. The fourth-order valence-electron chi connectivity index (χ4n) is 2.22. The third-order valence-corrected chi connectivity index (χ3v) is 2.75. The first kappa shape index (κ1) is 10.6. The zero-order valence-corrected chi connectivity index (χ0v) is 9.80. The van der Waals surface area contributed by atoms with Crippen LogP contribution in [0.15, 0.2) is 0 Å². The molecule has 0 aliphatic heterocycles. The molecule has 82 valence electrons. The number of aryl methyl sites for hydroxylation is 2. The Bertz CT molecular complexity index is 377. The fourth-order valence-corrected chi connectivity index (χ4v) is 2.22. The zero-order valence-electron chi connectivity index (χ0n) is 9.80. The molecular formula is C12H19N3. The van der Waals surface area contributed by atoms with E-state index in [-0.39, 0.29) is 5.54 Å². The highest BCUT2D eigenvalue weighted by molar-refractivity contribution is 5.31. The number of hydrogen-bond donors (Lipinski definition) is 1. The van der Waals surface area contributed by atoms with Crippen molar-refractivity contribution in [3.63, 3.8) is 0 Å². The van der Waals surface area contributed by atoms with E-state index in [9.17, 15) is 0 Å². The van der Waals surface area contributed by atoms with Crippen molar-refractivity contribution in [1.29, 1.82) is 0 Å². The van der Waals surface area contributed by atoms with Gasteiger partial charge in [0.05, 0.1) is 0 Å². The summed E-state index contributed by atoms with van der Waals surface area (Å²) >= 11 is 0. The lowest BCUT2D eigenvalue weighted by atomic mass is 9.96. The topological polar surface area (TPSA) is 51.8 Å². The molecule has 1 aliphatic rings. The molecule has 1 aliphatic carbocycles. The van der Waals surface area contributed by atoms with Crippen LogP contribution in [0.5, 0.6) is 0 Å². The second-order valence-electron chi connectivity index (χ2n) is 5.16. The number of nitrogens with two attached hydrogens (primary N) is 1. The molecule has 2 rings (SSSR count). The normalized spacial score (nSPS) is 15.5. The first-order chi connectivity index (χ1) is 6.96. The van der Waals surface area contributed by atoms with Crippen molar-refractivity contribution in [3.05, 3.63) is 22.8 Å². The smallest absolute Gasteiger partial charge is 0.125 e. The Kier molecular flexibility index (Phi) is 2.51. The summed E-state index contributed by atoms with van der Waals surface area (Å²) in [5.74, 6) is 0.884. The van der Waals surface area contributed by atoms with E-state index in [1.54, 1.807) is 0 Å². The van der Waals surface area contributed by atoms with Crippen LogP contribution in [0.3, 0.4) is 0 Å². The predicted molar refractivity (Wildman–Crippen MR) is 60.8 cm³/mol. The molecule has 0 saturated heterocycles. The van der Waals surface area contributed by atoms with E-state index in [4.69, 9.17) is 5.73 Å². The highest BCUT2D eigenvalue weighted by Gasteiger charge is 2.22. The number of hydrogen-bond acceptors (Lipinski definition) is 3. The summed E-state index contributed by atoms with van der Waals surface area (Å²) in [6.07, 6.45) is 4.29. The second-order valence-corrected chi connectivity index (χ2v) is 5.16. The molecular weight excluding hydrogens is 186 g/mol. The van der Waals surface area contributed by atoms with Crippen molar-refractivity contribution in [1.82, 2.24) is 9.97 Å². The summed E-state index contributed by atoms with van der Waals surface area (Å²) in [6, 6.07) is 0. The lowest BCUT2D eigenvalue weighted by Gasteiger charge is -2.19. The molecule has 1 heterocycles. The van der Waals surface area contributed by atoms with Crippen molar-refractivity contribution in [3.8, 4) is 0 Å². The van der Waals surface area contributed by atoms with Gasteiger partial charge in [0.25, 0.3) is 0 Å². The molecule has 3 nitrogen and oxygen atoms in total. The van der Waals surface area contributed by atoms with Gasteiger partial charge in [0.15, 0.2) is 0 Å². The first-order valence-corrected chi connectivity index (χ1v) is 5.60. The number of rotatable bonds is 2. The van der Waals surface area contributed by atoms with Gasteiger partial charge in [-0.25, -0.2) is 9.97 Å². The molecule has 1 aromatic heterocycles. The average molecular weight is 205 g/mol. The van der Waals surface area contributed by atoms with Crippen LogP contribution in [0.4, 0.5) is 0 Å². The molecule has 0 spiro atoms. The summed E-state index contributed by atoms with van der Waals surface area (Å²) in [5.41, 5.74) is 9.65. The summed E-state index contributed by atoms with van der Waals surface area (Å²) in [6.45, 7) is 6.06. The van der Waals surface area contributed by atoms with Crippen LogP contribution in [-0.2, 0) is 19.3 Å². The van der Waals surface area contributed by atoms with Crippen LogP contribution in [0.25, 0.3) is 0 Å². The van der Waals surface area contributed by atoms with Crippen LogP contribution >= 0.6 is 0 Å². The lowest BCUT2D eigenvalue weighted by molar-refractivity contribution is 0.506. The van der Waals surface area contributed by atoms with Crippen molar-refractivity contribution in [2.75, 3.05) is 0 Å². The Morgan fingerprint density at radius 3 is 2.67 bits per heavy atom. The van der Waals surface area contributed by atoms with Gasteiger partial charge in [-0.3, -0.25) is 0 Å². The van der Waals surface area contributed by atoms with E-state index in [1.807, 2.05) is 20.8 Å². The third kappa shape index (κ3) is 2.34. The van der Waals surface area contributed by atoms with Crippen LogP contribution < -0.4 is 5.73 Å². The molecule has 0 saturated carbocycles. The molecule has 2 N–H and O–H groups in total. The van der Waals surface area contributed by atoms with Crippen molar-refractivity contribution in [2.24, 2.45) is 5.73 Å². The predicted octanol–water partition coefficient (Wildman–Crippen LogP) is 1.55. The highest BCUT2D eigenvalue weighted by atomic mass is 14.9. The first-order valence-electron chi connectivity index (χ1n) is 5.60. The highest BCUT2D eigenvalue weighted by Crippen LogP contribution is 2.24. The van der Waals surface area contributed by atoms with E-state index in [1.165, 1.54) is 23.4 Å². The van der Waals surface area contributed by atoms with Gasteiger partial charge in [-0.2, -0.15) is 0 Å². The van der Waals surface area contributed by atoms with Crippen molar-refractivity contribution in [2.45, 2.75) is 52.0 Å². The van der Waals surface area contributed by atoms with Gasteiger partial charge in [0, 0.05) is 23.3 Å². The molecule has 0 unspecified atom stereocenters. The maximum atomic E-state index is 6.05. The maximum Gasteiger partial charge on any atom is 0.125 e. The summed E-state index contributed by atoms with van der Waals surface area (Å²) < 4.78 is 0. The maximum absolute atomic E-state index is 6.05. The van der Waals surface area contributed by atoms with Crippen LogP contribution in [0.2, 0.25) is 0 Å². The average Bonchev–Trinajstić information content (AvgIpc) is 2.48. The Morgan fingerprint density at radius 1 is 1.27 bits per heavy atom. The largest absolute Gasteiger partial charge is 0.325 e. The number of nitrogens with zero attached hydrogens (tertiary/aromatic N) is 2. The zero-order chi connectivity index (χ0) is 11.1. The molecule has 3 heteroatoms. The van der Waals surface area contributed by atoms with Crippen LogP contribution in [0, 0.1) is 6.92 Å². The molecule has 0 bridgehead atoms. The van der Waals surface area contributed by atoms with Gasteiger partial charge < -0.3 is 5.73 Å². The van der Waals surface area contributed by atoms with Gasteiger partial charge in [-0.15, -0.1) is 0 Å². The van der Waals surface area contributed by atoms with Gasteiger partial charge >= 0.3 is 0 Å². The molecule has 0 aromatic carbocycles. The van der Waals surface area contributed by atoms with Gasteiger partial charge in [0.1, 0.15) is 5.82 Å². The lowest BCUT2D eigenvalue weighted by Crippen LogP contribution is -2.35. The van der Waals surface area contributed by atoms with E-state index < -0.39 is 0 Å². The molecule has 0 amide bonds. The fraction of sp³-hybridized carbons (Fsp3) is 0.667. The van der Waals surface area contributed by atoms with Crippen LogP contribution in [0.1, 0.15) is 43.0 Å². The minimum Gasteiger partial charge on any atom is -0.325 e. The van der Waals surface area contributed by atoms with Crippen LogP contribution in [-0.4, -0.2) is 15.5 Å². The minimum absolute atomic E-state index is 0.183. The van der Waals surface area contributed by atoms with Gasteiger partial charge in [-0.05, 0) is 45.6 Å². The Hall–Kier alpha value is -0.960. The van der Waals surface area contributed by atoms with Gasteiger partial charge in [0.2, 0.25) is 0 Å². The summed E-state index contributed by atoms with van der Waals surface area (Å²) in [4.78, 5) is 9.03. The SMILES string of the molecule is Cc1nc2c(c(CC(C)(C)N)n1)CCC2. The standard InChI is InChI=1S/C12H19N3/c1-8-14-10-6-4-5-9(10)11(15-8)7-12(2,3)13/h4-7,13H2,1-3H3. The minimum atomic E-state index is -0.183. The third-order valence-electron chi connectivity index (χ3n) is 2.75. The summed E-state index contributed by atoms with van der Waals surface area (Å²) in [5, 5.41) is 0. The molecule has 15 heavy (non-hydrogen) atoms. The van der Waals surface area contributed by atoms with Crippen molar-refractivity contribution < 1.29 is 0 Å².